The van der Waals surface area contributed by atoms with Gasteiger partial charge in [-0.2, -0.15) is 13.4 Å². The average molecular weight is 284 g/mol. The fourth-order valence-electron chi connectivity index (χ4n) is 1.62. The van der Waals surface area contributed by atoms with Crippen LogP contribution in [0.5, 0.6) is 5.75 Å². The number of nitrogens with zero attached hydrogens (tertiary/aromatic N) is 2. The topological polar surface area (TPSA) is 82.3 Å². The van der Waals surface area contributed by atoms with E-state index in [4.69, 9.17) is 4.52 Å². The third-order valence-corrected chi connectivity index (χ3v) is 3.07. The van der Waals surface area contributed by atoms with Gasteiger partial charge in [-0.3, -0.25) is 0 Å². The highest BCUT2D eigenvalue weighted by Crippen LogP contribution is 2.39. The summed E-state index contributed by atoms with van der Waals surface area (Å²) < 4.78 is 42.1. The molecule has 1 aliphatic rings. The van der Waals surface area contributed by atoms with Crippen LogP contribution in [-0.2, 0) is 10.5 Å². The fraction of sp³-hybridized carbons (Fsp3) is 0.273. The zero-order valence-corrected chi connectivity index (χ0v) is 10.4. The lowest BCUT2D eigenvalue weighted by Crippen LogP contribution is -2.00. The van der Waals surface area contributed by atoms with E-state index in [9.17, 15) is 12.3 Å². The summed E-state index contributed by atoms with van der Waals surface area (Å²) in [6, 6.07) is 5.70. The van der Waals surface area contributed by atoms with Crippen molar-refractivity contribution >= 4 is 10.5 Å². The lowest BCUT2D eigenvalue weighted by Gasteiger charge is -1.99. The summed E-state index contributed by atoms with van der Waals surface area (Å²) in [6.07, 6.45) is 2.12. The first-order chi connectivity index (χ1) is 9.01. The zero-order chi connectivity index (χ0) is 13.5. The van der Waals surface area contributed by atoms with Crippen LogP contribution in [0.3, 0.4) is 0 Å². The molecule has 0 spiro atoms. The fourth-order valence-corrected chi connectivity index (χ4v) is 1.96. The third kappa shape index (κ3) is 2.90. The van der Waals surface area contributed by atoms with Crippen LogP contribution in [0.1, 0.15) is 24.7 Å². The summed E-state index contributed by atoms with van der Waals surface area (Å²) in [5.74, 6) is 1.27. The van der Waals surface area contributed by atoms with Crippen LogP contribution in [0.25, 0.3) is 11.4 Å². The normalized spacial score (nSPS) is 15.4. The van der Waals surface area contributed by atoms with Gasteiger partial charge in [-0.1, -0.05) is 9.04 Å². The molecule has 0 unspecified atom stereocenters. The van der Waals surface area contributed by atoms with Crippen molar-refractivity contribution in [2.75, 3.05) is 0 Å². The Labute approximate surface area is 108 Å². The van der Waals surface area contributed by atoms with Crippen molar-refractivity contribution in [1.29, 1.82) is 0 Å². The van der Waals surface area contributed by atoms with Crippen LogP contribution in [-0.4, -0.2) is 18.6 Å². The molecule has 0 amide bonds. The molecule has 0 N–H and O–H groups in total. The maximum atomic E-state index is 12.3. The predicted octanol–water partition coefficient (Wildman–Crippen LogP) is 2.21. The van der Waals surface area contributed by atoms with E-state index >= 15 is 0 Å². The highest BCUT2D eigenvalue weighted by Gasteiger charge is 2.29. The summed E-state index contributed by atoms with van der Waals surface area (Å²) in [7, 11) is -5.00. The third-order valence-electron chi connectivity index (χ3n) is 2.68. The minimum Gasteiger partial charge on any atom is -0.358 e. The van der Waals surface area contributed by atoms with Crippen molar-refractivity contribution < 1.29 is 21.0 Å². The van der Waals surface area contributed by atoms with Gasteiger partial charge in [0.2, 0.25) is 11.7 Å². The molecule has 0 saturated heterocycles. The van der Waals surface area contributed by atoms with Crippen molar-refractivity contribution in [2.24, 2.45) is 0 Å². The largest absolute Gasteiger partial charge is 0.488 e. The van der Waals surface area contributed by atoms with E-state index in [1.807, 2.05) is 0 Å². The Bertz CT molecular complexity index is 692. The maximum Gasteiger partial charge on any atom is 0.488 e. The SMILES string of the molecule is O=S(=O)(F)Oc1ccc(-c2noc(C3CC3)n2)cc1. The summed E-state index contributed by atoms with van der Waals surface area (Å²) in [5.41, 5.74) is 0.638. The summed E-state index contributed by atoms with van der Waals surface area (Å²) in [4.78, 5) is 4.24. The van der Waals surface area contributed by atoms with Gasteiger partial charge in [0, 0.05) is 11.5 Å². The Morgan fingerprint density at radius 1 is 1.26 bits per heavy atom. The Kier molecular flexibility index (Phi) is 2.74. The molecule has 2 aromatic rings. The number of benzene rings is 1. The van der Waals surface area contributed by atoms with E-state index in [1.54, 1.807) is 0 Å². The quantitative estimate of drug-likeness (QED) is 0.800. The van der Waals surface area contributed by atoms with E-state index in [0.29, 0.717) is 23.2 Å². The van der Waals surface area contributed by atoms with Gasteiger partial charge in [-0.25, -0.2) is 0 Å². The highest BCUT2D eigenvalue weighted by molar-refractivity contribution is 7.81. The van der Waals surface area contributed by atoms with E-state index in [-0.39, 0.29) is 5.75 Å². The predicted molar refractivity (Wildman–Crippen MR) is 62.4 cm³/mol. The van der Waals surface area contributed by atoms with Gasteiger partial charge in [-0.05, 0) is 37.1 Å². The van der Waals surface area contributed by atoms with E-state index in [1.165, 1.54) is 24.3 Å². The van der Waals surface area contributed by atoms with Crippen LogP contribution in [0, 0.1) is 0 Å². The minimum absolute atomic E-state index is 0.114. The van der Waals surface area contributed by atoms with Crippen LogP contribution in [0.2, 0.25) is 0 Å². The second-order valence-electron chi connectivity index (χ2n) is 4.23. The monoisotopic (exact) mass is 284 g/mol. The number of halogens is 1. The Hall–Kier alpha value is -1.96. The number of rotatable bonds is 4. The lowest BCUT2D eigenvalue weighted by atomic mass is 10.2. The van der Waals surface area contributed by atoms with Crippen molar-refractivity contribution in [3.05, 3.63) is 30.2 Å². The van der Waals surface area contributed by atoms with Crippen LogP contribution < -0.4 is 4.18 Å². The van der Waals surface area contributed by atoms with Gasteiger partial charge in [0.15, 0.2) is 0 Å². The van der Waals surface area contributed by atoms with Crippen LogP contribution in [0.4, 0.5) is 3.89 Å². The first-order valence-electron chi connectivity index (χ1n) is 5.59. The second kappa shape index (κ2) is 4.30. The average Bonchev–Trinajstić information content (AvgIpc) is 3.07. The summed E-state index contributed by atoms with van der Waals surface area (Å²) in [6.45, 7) is 0. The van der Waals surface area contributed by atoms with Crippen molar-refractivity contribution in [3.63, 3.8) is 0 Å². The molecule has 0 radical (unpaired) electrons. The van der Waals surface area contributed by atoms with Gasteiger partial charge in [0.05, 0.1) is 0 Å². The summed E-state index contributed by atoms with van der Waals surface area (Å²) >= 11 is 0. The molecule has 1 heterocycles. The molecule has 6 nitrogen and oxygen atoms in total. The first-order valence-corrected chi connectivity index (χ1v) is 6.90. The van der Waals surface area contributed by atoms with Gasteiger partial charge >= 0.3 is 10.5 Å². The Morgan fingerprint density at radius 2 is 1.95 bits per heavy atom. The zero-order valence-electron chi connectivity index (χ0n) is 9.61. The molecule has 1 aliphatic carbocycles. The van der Waals surface area contributed by atoms with Gasteiger partial charge in [0.1, 0.15) is 5.75 Å². The molecule has 1 fully saturated rings. The van der Waals surface area contributed by atoms with Gasteiger partial charge in [-0.15, -0.1) is 0 Å². The molecular formula is C11H9FN2O4S. The number of hydrogen-bond donors (Lipinski definition) is 0. The second-order valence-corrected chi connectivity index (χ2v) is 5.18. The number of hydrogen-bond acceptors (Lipinski definition) is 6. The van der Waals surface area contributed by atoms with Crippen LogP contribution >= 0.6 is 0 Å². The van der Waals surface area contributed by atoms with E-state index < -0.39 is 10.5 Å². The highest BCUT2D eigenvalue weighted by atomic mass is 32.3. The van der Waals surface area contributed by atoms with Gasteiger partial charge < -0.3 is 8.71 Å². The Balaban J connectivity index is 1.81. The van der Waals surface area contributed by atoms with Crippen LogP contribution in [0.15, 0.2) is 28.8 Å². The maximum absolute atomic E-state index is 12.3. The molecule has 1 aromatic heterocycles. The number of aromatic nitrogens is 2. The molecule has 0 bridgehead atoms. The molecular weight excluding hydrogens is 275 g/mol. The van der Waals surface area contributed by atoms with Gasteiger partial charge in [0.25, 0.3) is 0 Å². The molecule has 1 aromatic carbocycles. The minimum atomic E-state index is -5.00. The standard InChI is InChI=1S/C11H9FN2O4S/c12-19(15,16)18-9-5-3-7(4-6-9)10-13-11(17-14-10)8-1-2-8/h3-6,8H,1-2H2. The smallest absolute Gasteiger partial charge is 0.358 e. The first kappa shape index (κ1) is 12.1. The molecule has 3 rings (SSSR count). The molecule has 100 valence electrons. The van der Waals surface area contributed by atoms with E-state index in [2.05, 4.69) is 14.3 Å². The Morgan fingerprint density at radius 3 is 2.53 bits per heavy atom. The van der Waals surface area contributed by atoms with Crippen molar-refractivity contribution in [2.45, 2.75) is 18.8 Å². The molecule has 8 heteroatoms. The molecule has 0 aliphatic heterocycles. The van der Waals surface area contributed by atoms with Crippen molar-refractivity contribution in [3.8, 4) is 17.1 Å². The molecule has 0 atom stereocenters. The lowest BCUT2D eigenvalue weighted by molar-refractivity contribution is 0.380. The van der Waals surface area contributed by atoms with Crippen molar-refractivity contribution in [1.82, 2.24) is 10.1 Å². The molecule has 1 saturated carbocycles. The summed E-state index contributed by atoms with van der Waals surface area (Å²) in [5, 5.41) is 3.83. The van der Waals surface area contributed by atoms with E-state index in [0.717, 1.165) is 12.8 Å². The molecule has 19 heavy (non-hydrogen) atoms.